The van der Waals surface area contributed by atoms with E-state index in [2.05, 4.69) is 20.9 Å². The molecule has 1 aromatic heterocycles. The normalized spacial score (nSPS) is 12.0. The Bertz CT molecular complexity index is 1410. The number of hydrogen-bond acceptors (Lipinski definition) is 5. The summed E-state index contributed by atoms with van der Waals surface area (Å²) >= 11 is 1.09. The summed E-state index contributed by atoms with van der Waals surface area (Å²) in [6.07, 6.45) is -4.36. The van der Waals surface area contributed by atoms with Crippen molar-refractivity contribution in [2.24, 2.45) is 0 Å². The van der Waals surface area contributed by atoms with Gasteiger partial charge in [-0.25, -0.2) is 9.37 Å². The number of benzene rings is 3. The fraction of sp³-hybridized carbons (Fsp3) is 0.148. The summed E-state index contributed by atoms with van der Waals surface area (Å²) in [4.78, 5) is 30.2. The van der Waals surface area contributed by atoms with E-state index in [4.69, 9.17) is 0 Å². The van der Waals surface area contributed by atoms with Gasteiger partial charge in [0.1, 0.15) is 17.6 Å². The highest BCUT2D eigenvalue weighted by Crippen LogP contribution is 2.29. The number of nitrogens with zero attached hydrogens (tertiary/aromatic N) is 1. The largest absolute Gasteiger partial charge is 0.416 e. The first-order chi connectivity index (χ1) is 18.2. The van der Waals surface area contributed by atoms with Gasteiger partial charge in [0.15, 0.2) is 5.13 Å². The highest BCUT2D eigenvalue weighted by Gasteiger charge is 2.30. The van der Waals surface area contributed by atoms with E-state index >= 15 is 0 Å². The number of rotatable bonds is 9. The van der Waals surface area contributed by atoms with Crippen LogP contribution in [0.15, 0.2) is 84.2 Å². The van der Waals surface area contributed by atoms with Crippen molar-refractivity contribution in [2.75, 3.05) is 5.32 Å². The number of amides is 2. The number of carbonyl (C=O) groups is 2. The molecule has 0 fully saturated rings. The molecule has 0 saturated carbocycles. The zero-order valence-electron chi connectivity index (χ0n) is 19.8. The molecule has 0 aliphatic rings. The Morgan fingerprint density at radius 1 is 0.921 bits per heavy atom. The molecule has 0 unspecified atom stereocenters. The Morgan fingerprint density at radius 3 is 2.37 bits per heavy atom. The van der Waals surface area contributed by atoms with Crippen LogP contribution in [0.3, 0.4) is 0 Å². The third-order valence-corrected chi connectivity index (χ3v) is 6.24. The molecule has 0 spiro atoms. The first kappa shape index (κ1) is 26.8. The van der Waals surface area contributed by atoms with E-state index in [-0.39, 0.29) is 35.0 Å². The topological polar surface area (TPSA) is 83.1 Å². The van der Waals surface area contributed by atoms with E-state index in [0.717, 1.165) is 29.0 Å². The van der Waals surface area contributed by atoms with E-state index in [0.29, 0.717) is 0 Å². The van der Waals surface area contributed by atoms with Crippen LogP contribution in [-0.4, -0.2) is 22.8 Å². The second kappa shape index (κ2) is 11.9. The van der Waals surface area contributed by atoms with Crippen molar-refractivity contribution in [3.63, 3.8) is 0 Å². The van der Waals surface area contributed by atoms with Crippen molar-refractivity contribution in [3.05, 3.63) is 112 Å². The molecule has 1 heterocycles. The van der Waals surface area contributed by atoms with E-state index in [1.165, 1.54) is 29.6 Å². The average molecular weight is 543 g/mol. The van der Waals surface area contributed by atoms with Gasteiger partial charge in [0.05, 0.1) is 11.3 Å². The van der Waals surface area contributed by atoms with Gasteiger partial charge in [0.25, 0.3) is 5.91 Å². The van der Waals surface area contributed by atoms with Gasteiger partial charge in [-0.3, -0.25) is 9.59 Å². The van der Waals surface area contributed by atoms with Crippen molar-refractivity contribution in [2.45, 2.75) is 25.2 Å². The molecule has 0 aliphatic heterocycles. The van der Waals surface area contributed by atoms with Crippen LogP contribution in [0.5, 0.6) is 0 Å². The van der Waals surface area contributed by atoms with Crippen molar-refractivity contribution < 1.29 is 27.2 Å². The molecule has 0 radical (unpaired) electrons. The van der Waals surface area contributed by atoms with Crippen molar-refractivity contribution in [1.29, 1.82) is 0 Å². The molecule has 4 rings (SSSR count). The Hall–Kier alpha value is -4.25. The van der Waals surface area contributed by atoms with Gasteiger partial charge in [-0.2, -0.15) is 13.2 Å². The van der Waals surface area contributed by atoms with Gasteiger partial charge >= 0.3 is 6.18 Å². The van der Waals surface area contributed by atoms with Crippen LogP contribution in [-0.2, 0) is 23.9 Å². The van der Waals surface area contributed by atoms with Crippen molar-refractivity contribution >= 4 is 34.0 Å². The molecule has 6 nitrogen and oxygen atoms in total. The third kappa shape index (κ3) is 7.16. The number of aromatic nitrogens is 1. The summed E-state index contributed by atoms with van der Waals surface area (Å²) in [7, 11) is 0. The van der Waals surface area contributed by atoms with E-state index in [9.17, 15) is 27.2 Å². The molecule has 38 heavy (non-hydrogen) atoms. The summed E-state index contributed by atoms with van der Waals surface area (Å²) in [5.74, 6) is -1.67. The minimum atomic E-state index is -4.50. The summed E-state index contributed by atoms with van der Waals surface area (Å²) < 4.78 is 53.0. The summed E-state index contributed by atoms with van der Waals surface area (Å²) in [5, 5.41) is 9.83. The van der Waals surface area contributed by atoms with Crippen LogP contribution in [0.4, 0.5) is 28.4 Å². The Morgan fingerprint density at radius 2 is 1.63 bits per heavy atom. The third-order valence-electron chi connectivity index (χ3n) is 5.48. The fourth-order valence-electron chi connectivity index (χ4n) is 3.57. The minimum Gasteiger partial charge on any atom is -0.350 e. The van der Waals surface area contributed by atoms with Gasteiger partial charge in [-0.15, -0.1) is 11.3 Å². The molecule has 1 atom stereocenters. The second-order valence-electron chi connectivity index (χ2n) is 8.27. The van der Waals surface area contributed by atoms with Crippen molar-refractivity contribution in [3.8, 4) is 0 Å². The summed E-state index contributed by atoms with van der Waals surface area (Å²) in [5.41, 5.74) is 0.442. The van der Waals surface area contributed by atoms with Crippen LogP contribution in [0.25, 0.3) is 0 Å². The highest BCUT2D eigenvalue weighted by molar-refractivity contribution is 7.14. The number of halogens is 4. The average Bonchev–Trinajstić information content (AvgIpc) is 3.37. The molecular weight excluding hydrogens is 520 g/mol. The van der Waals surface area contributed by atoms with Gasteiger partial charge in [0, 0.05) is 18.3 Å². The zero-order chi connectivity index (χ0) is 27.1. The zero-order valence-corrected chi connectivity index (χ0v) is 20.6. The molecule has 2 amide bonds. The van der Waals surface area contributed by atoms with E-state index in [1.807, 2.05) is 6.07 Å². The van der Waals surface area contributed by atoms with E-state index in [1.54, 1.807) is 36.4 Å². The first-order valence-corrected chi connectivity index (χ1v) is 12.3. The lowest BCUT2D eigenvalue weighted by molar-refractivity contribution is -0.137. The molecule has 11 heteroatoms. The molecule has 3 N–H and O–H groups in total. The number of thiazole rings is 1. The number of para-hydroxylation sites is 1. The molecule has 0 aliphatic carbocycles. The SMILES string of the molecule is O=C(N[C@H](Cc1ccccc1)C(=O)NCc1cccc(C(F)(F)F)c1)c1csc(Nc2ccccc2F)n1. The van der Waals surface area contributed by atoms with Gasteiger partial charge in [0.2, 0.25) is 5.91 Å². The molecular formula is C27H22F4N4O2S. The highest BCUT2D eigenvalue weighted by atomic mass is 32.1. The lowest BCUT2D eigenvalue weighted by Crippen LogP contribution is -2.48. The van der Waals surface area contributed by atoms with Crippen LogP contribution in [0.1, 0.15) is 27.2 Å². The molecule has 4 aromatic rings. The van der Waals surface area contributed by atoms with Gasteiger partial charge in [-0.1, -0.05) is 54.6 Å². The maximum absolute atomic E-state index is 13.9. The maximum Gasteiger partial charge on any atom is 0.416 e. The number of carbonyl (C=O) groups excluding carboxylic acids is 2. The van der Waals surface area contributed by atoms with E-state index < -0.39 is 35.4 Å². The molecule has 196 valence electrons. The molecule has 3 aromatic carbocycles. The monoisotopic (exact) mass is 542 g/mol. The fourth-order valence-corrected chi connectivity index (χ4v) is 4.28. The quantitative estimate of drug-likeness (QED) is 0.237. The lowest BCUT2D eigenvalue weighted by atomic mass is 10.0. The summed E-state index contributed by atoms with van der Waals surface area (Å²) in [6, 6.07) is 18.6. The lowest BCUT2D eigenvalue weighted by Gasteiger charge is -2.18. The van der Waals surface area contributed by atoms with Crippen LogP contribution < -0.4 is 16.0 Å². The predicted molar refractivity (Wildman–Crippen MR) is 136 cm³/mol. The smallest absolute Gasteiger partial charge is 0.350 e. The second-order valence-corrected chi connectivity index (χ2v) is 9.13. The standard InChI is InChI=1S/C27H22F4N4O2S/c28-20-11-4-5-12-21(20)34-26-35-23(16-38-26)25(37)33-22(14-17-7-2-1-3-8-17)24(36)32-15-18-9-6-10-19(13-18)27(29,30)31/h1-13,16,22H,14-15H2,(H,32,36)(H,33,37)(H,34,35)/t22-/m1/s1. The van der Waals surface area contributed by atoms with Crippen LogP contribution >= 0.6 is 11.3 Å². The Kier molecular flexibility index (Phi) is 8.37. The number of nitrogens with one attached hydrogen (secondary N) is 3. The van der Waals surface area contributed by atoms with Gasteiger partial charge < -0.3 is 16.0 Å². The van der Waals surface area contributed by atoms with Crippen LogP contribution in [0, 0.1) is 5.82 Å². The number of hydrogen-bond donors (Lipinski definition) is 3. The Balaban J connectivity index is 1.45. The molecule has 0 bridgehead atoms. The maximum atomic E-state index is 13.9. The minimum absolute atomic E-state index is 0.0255. The number of alkyl halides is 3. The molecule has 0 saturated heterocycles. The van der Waals surface area contributed by atoms with Gasteiger partial charge in [-0.05, 0) is 35.4 Å². The number of anilines is 2. The van der Waals surface area contributed by atoms with Crippen molar-refractivity contribution in [1.82, 2.24) is 15.6 Å². The summed E-state index contributed by atoms with van der Waals surface area (Å²) in [6.45, 7) is -0.155. The Labute approximate surface area is 219 Å². The first-order valence-electron chi connectivity index (χ1n) is 11.4. The van der Waals surface area contributed by atoms with Crippen LogP contribution in [0.2, 0.25) is 0 Å². The predicted octanol–water partition coefficient (Wildman–Crippen LogP) is 5.70.